The quantitative estimate of drug-likeness (QED) is 0.385. The molecule has 0 radical (unpaired) electrons. The Morgan fingerprint density at radius 2 is 1.03 bits per heavy atom. The van der Waals surface area contributed by atoms with E-state index >= 15 is 0 Å². The molecule has 2 atom stereocenters. The molecule has 0 heterocycles. The first-order valence-electron chi connectivity index (χ1n) is 9.82. The molecule has 176 valence electrons. The van der Waals surface area contributed by atoms with Gasteiger partial charge in [-0.2, -0.15) is 0 Å². The molecule has 0 aromatic carbocycles. The van der Waals surface area contributed by atoms with Crippen molar-refractivity contribution in [1.82, 2.24) is 0 Å². The standard InChI is InChI=1S/C21H34O8P2/c1-19(2,20(30(22,26-5)27-6)13-9-17(24-3)10-14-20)21(31(23,28-7)29-8)15-11-18(25-4)12-16-21/h9-13,15H,14,16H2,1-8H3. The maximum Gasteiger partial charge on any atom is 0.340 e. The van der Waals surface area contributed by atoms with Gasteiger partial charge >= 0.3 is 15.2 Å². The first kappa shape index (κ1) is 26.1. The molecule has 0 aromatic heterocycles. The maximum absolute atomic E-state index is 14.1. The lowest BCUT2D eigenvalue weighted by Gasteiger charge is -2.57. The topological polar surface area (TPSA) is 89.5 Å². The van der Waals surface area contributed by atoms with Gasteiger partial charge in [0, 0.05) is 33.9 Å². The highest BCUT2D eigenvalue weighted by Crippen LogP contribution is 2.78. The van der Waals surface area contributed by atoms with Gasteiger partial charge in [0.25, 0.3) is 0 Å². The molecule has 0 fully saturated rings. The van der Waals surface area contributed by atoms with Crippen LogP contribution in [0.2, 0.25) is 0 Å². The van der Waals surface area contributed by atoms with E-state index in [1.54, 1.807) is 38.5 Å². The van der Waals surface area contributed by atoms with Gasteiger partial charge < -0.3 is 27.6 Å². The summed E-state index contributed by atoms with van der Waals surface area (Å²) < 4.78 is 60.9. The van der Waals surface area contributed by atoms with E-state index < -0.39 is 30.9 Å². The van der Waals surface area contributed by atoms with Gasteiger partial charge in [0.05, 0.1) is 14.2 Å². The molecule has 0 saturated heterocycles. The van der Waals surface area contributed by atoms with Gasteiger partial charge in [-0.15, -0.1) is 0 Å². The van der Waals surface area contributed by atoms with E-state index in [0.717, 1.165) is 0 Å². The summed E-state index contributed by atoms with van der Waals surface area (Å²) in [4.78, 5) is 0. The minimum Gasteiger partial charge on any atom is -0.497 e. The summed E-state index contributed by atoms with van der Waals surface area (Å²) in [5.41, 5.74) is -1.03. The molecule has 0 saturated carbocycles. The molecule has 0 aliphatic heterocycles. The first-order chi connectivity index (χ1) is 14.5. The highest BCUT2D eigenvalue weighted by molar-refractivity contribution is 7.57. The zero-order chi connectivity index (χ0) is 23.6. The molecule has 31 heavy (non-hydrogen) atoms. The first-order valence-corrected chi connectivity index (χ1v) is 12.9. The van der Waals surface area contributed by atoms with Gasteiger partial charge in [-0.05, 0) is 37.1 Å². The molecule has 0 aromatic rings. The molecular weight excluding hydrogens is 442 g/mol. The zero-order valence-corrected chi connectivity index (χ0v) is 21.3. The molecule has 2 unspecified atom stereocenters. The largest absolute Gasteiger partial charge is 0.497 e. The third kappa shape index (κ3) is 3.72. The van der Waals surface area contributed by atoms with E-state index in [9.17, 15) is 9.13 Å². The number of methoxy groups -OCH3 is 2. The average molecular weight is 476 g/mol. The van der Waals surface area contributed by atoms with Crippen LogP contribution in [-0.2, 0) is 36.7 Å². The molecule has 2 aliphatic rings. The van der Waals surface area contributed by atoms with Crippen LogP contribution in [0.4, 0.5) is 0 Å². The van der Waals surface area contributed by atoms with Crippen LogP contribution in [0.15, 0.2) is 48.0 Å². The Labute approximate surface area is 185 Å². The fraction of sp³-hybridized carbons (Fsp3) is 0.619. The highest BCUT2D eigenvalue weighted by atomic mass is 31.2. The Morgan fingerprint density at radius 3 is 1.23 bits per heavy atom. The van der Waals surface area contributed by atoms with Crippen molar-refractivity contribution in [3.05, 3.63) is 48.0 Å². The third-order valence-corrected chi connectivity index (χ3v) is 12.5. The Bertz CT molecular complexity index is 802. The summed E-state index contributed by atoms with van der Waals surface area (Å²) in [6.45, 7) is 3.77. The van der Waals surface area contributed by atoms with Crippen molar-refractivity contribution in [2.45, 2.75) is 37.0 Å². The van der Waals surface area contributed by atoms with E-state index in [-0.39, 0.29) is 12.8 Å². The van der Waals surface area contributed by atoms with Crippen LogP contribution in [0, 0.1) is 5.41 Å². The second kappa shape index (κ2) is 9.38. The predicted octanol–water partition coefficient (Wildman–Crippen LogP) is 5.44. The Kier molecular flexibility index (Phi) is 7.90. The minimum atomic E-state index is -3.77. The molecule has 0 bridgehead atoms. The summed E-state index contributed by atoms with van der Waals surface area (Å²) in [5.74, 6) is 1.25. The Morgan fingerprint density at radius 1 is 0.710 bits per heavy atom. The van der Waals surface area contributed by atoms with Crippen molar-refractivity contribution < 1.29 is 36.7 Å². The van der Waals surface area contributed by atoms with Crippen LogP contribution in [0.5, 0.6) is 0 Å². The SMILES string of the molecule is COC1=CCC(C(C)(C)C2(P(=O)(OC)OC)C=CC(OC)=CC2)(P(=O)(OC)OC)C=C1. The van der Waals surface area contributed by atoms with Crippen molar-refractivity contribution in [1.29, 1.82) is 0 Å². The second-order valence-corrected chi connectivity index (χ2v) is 12.9. The van der Waals surface area contributed by atoms with Crippen LogP contribution in [0.1, 0.15) is 26.7 Å². The summed E-state index contributed by atoms with van der Waals surface area (Å²) in [6, 6.07) is 0. The Hall–Kier alpha value is -1.14. The van der Waals surface area contributed by atoms with Gasteiger partial charge in [0.1, 0.15) is 21.8 Å². The van der Waals surface area contributed by atoms with E-state index in [1.165, 1.54) is 28.4 Å². The molecule has 2 aliphatic carbocycles. The molecule has 2 rings (SSSR count). The van der Waals surface area contributed by atoms with Crippen LogP contribution in [0.25, 0.3) is 0 Å². The normalized spacial score (nSPS) is 27.0. The fourth-order valence-electron chi connectivity index (χ4n) is 4.72. The number of hydrogen-bond donors (Lipinski definition) is 0. The minimum absolute atomic E-state index is 0.266. The summed E-state index contributed by atoms with van der Waals surface area (Å²) >= 11 is 0. The van der Waals surface area contributed by atoms with E-state index in [2.05, 4.69) is 0 Å². The van der Waals surface area contributed by atoms with E-state index in [1.807, 2.05) is 26.0 Å². The fourth-order valence-corrected chi connectivity index (χ4v) is 9.32. The van der Waals surface area contributed by atoms with Crippen LogP contribution < -0.4 is 0 Å². The number of hydrogen-bond acceptors (Lipinski definition) is 8. The predicted molar refractivity (Wildman–Crippen MR) is 120 cm³/mol. The molecule has 0 amide bonds. The van der Waals surface area contributed by atoms with Gasteiger partial charge in [-0.3, -0.25) is 9.13 Å². The number of allylic oxidation sites excluding steroid dienone is 6. The lowest BCUT2D eigenvalue weighted by atomic mass is 9.63. The number of ether oxygens (including phenoxy) is 2. The van der Waals surface area contributed by atoms with Crippen LogP contribution in [0.3, 0.4) is 0 Å². The average Bonchev–Trinajstić information content (AvgIpc) is 2.82. The third-order valence-electron chi connectivity index (χ3n) is 6.85. The van der Waals surface area contributed by atoms with Gasteiger partial charge in [0.15, 0.2) is 0 Å². The number of rotatable bonds is 10. The summed E-state index contributed by atoms with van der Waals surface area (Å²) in [5, 5.41) is -2.41. The lowest BCUT2D eigenvalue weighted by Crippen LogP contribution is -2.57. The smallest absolute Gasteiger partial charge is 0.340 e. The van der Waals surface area contributed by atoms with Gasteiger partial charge in [-0.25, -0.2) is 0 Å². The summed E-state index contributed by atoms with van der Waals surface area (Å²) in [6.07, 6.45) is 11.2. The van der Waals surface area contributed by atoms with Crippen LogP contribution in [-0.4, -0.2) is 53.0 Å². The lowest BCUT2D eigenvalue weighted by molar-refractivity contribution is 0.132. The summed E-state index contributed by atoms with van der Waals surface area (Å²) in [7, 11) is 0.984. The maximum atomic E-state index is 14.1. The van der Waals surface area contributed by atoms with Gasteiger partial charge in [-0.1, -0.05) is 26.0 Å². The van der Waals surface area contributed by atoms with Crippen molar-refractivity contribution in [2.24, 2.45) is 5.41 Å². The molecule has 0 N–H and O–H groups in total. The van der Waals surface area contributed by atoms with Gasteiger partial charge in [0.2, 0.25) is 0 Å². The van der Waals surface area contributed by atoms with Crippen molar-refractivity contribution in [3.63, 3.8) is 0 Å². The van der Waals surface area contributed by atoms with Crippen molar-refractivity contribution in [3.8, 4) is 0 Å². The Balaban J connectivity index is 2.85. The molecular formula is C21H34O8P2. The van der Waals surface area contributed by atoms with Crippen molar-refractivity contribution in [2.75, 3.05) is 42.7 Å². The molecule has 0 spiro atoms. The van der Waals surface area contributed by atoms with E-state index in [0.29, 0.717) is 11.5 Å². The highest BCUT2D eigenvalue weighted by Gasteiger charge is 2.70. The monoisotopic (exact) mass is 476 g/mol. The van der Waals surface area contributed by atoms with Crippen LogP contribution >= 0.6 is 15.2 Å². The second-order valence-electron chi connectivity index (χ2n) is 7.89. The van der Waals surface area contributed by atoms with E-state index in [4.69, 9.17) is 27.6 Å². The zero-order valence-electron chi connectivity index (χ0n) is 19.5. The van der Waals surface area contributed by atoms with Crippen molar-refractivity contribution >= 4 is 15.2 Å². The molecule has 8 nitrogen and oxygen atoms in total. The molecule has 10 heteroatoms.